The predicted octanol–water partition coefficient (Wildman–Crippen LogP) is 0.309. The van der Waals surface area contributed by atoms with Crippen LogP contribution in [0.5, 0.6) is 0 Å². The Morgan fingerprint density at radius 2 is 1.76 bits per heavy atom. The van der Waals surface area contributed by atoms with Crippen LogP contribution in [0, 0.1) is 0 Å². The molecule has 1 fully saturated rings. The lowest BCUT2D eigenvalue weighted by Crippen LogP contribution is -2.58. The number of rotatable bonds is 8. The van der Waals surface area contributed by atoms with Crippen LogP contribution in [-0.2, 0) is 14.8 Å². The molecule has 0 bridgehead atoms. The first-order valence-electron chi connectivity index (χ1n) is 7.65. The topological polar surface area (TPSA) is 53.1 Å². The summed E-state index contributed by atoms with van der Waals surface area (Å²) in [5.74, 6) is 0.0730. The van der Waals surface area contributed by atoms with Crippen molar-refractivity contribution in [2.24, 2.45) is 0 Å². The third-order valence-electron chi connectivity index (χ3n) is 4.03. The largest absolute Gasteiger partial charge is 0.384 e. The molecular weight excluding hydrogens is 290 g/mol. The zero-order chi connectivity index (χ0) is 16.0. The minimum Gasteiger partial charge on any atom is -0.384 e. The summed E-state index contributed by atoms with van der Waals surface area (Å²) >= 11 is 0. The van der Waals surface area contributed by atoms with Crippen molar-refractivity contribution < 1.29 is 13.2 Å². The Morgan fingerprint density at radius 1 is 1.19 bits per heavy atom. The molecule has 0 spiro atoms. The molecule has 1 saturated heterocycles. The van der Waals surface area contributed by atoms with Crippen LogP contribution in [-0.4, -0.2) is 94.4 Å². The SMILES string of the molecule is COCCS(=O)(=O)N1CC(C)N(CCCN(C)C)C(C)C1. The van der Waals surface area contributed by atoms with Gasteiger partial charge in [0.2, 0.25) is 10.0 Å². The Morgan fingerprint density at radius 3 is 2.24 bits per heavy atom. The first-order valence-corrected chi connectivity index (χ1v) is 9.26. The number of methoxy groups -OCH3 is 1. The van der Waals surface area contributed by atoms with Gasteiger partial charge in [-0.2, -0.15) is 4.31 Å². The van der Waals surface area contributed by atoms with Crippen LogP contribution in [0.2, 0.25) is 0 Å². The second-order valence-electron chi connectivity index (χ2n) is 6.22. The van der Waals surface area contributed by atoms with Gasteiger partial charge in [-0.05, 0) is 40.9 Å². The maximum Gasteiger partial charge on any atom is 0.216 e. The van der Waals surface area contributed by atoms with E-state index in [1.807, 2.05) is 0 Å². The van der Waals surface area contributed by atoms with Gasteiger partial charge in [0, 0.05) is 38.8 Å². The molecule has 126 valence electrons. The molecule has 6 nitrogen and oxygen atoms in total. The van der Waals surface area contributed by atoms with E-state index in [-0.39, 0.29) is 24.4 Å². The van der Waals surface area contributed by atoms with E-state index < -0.39 is 10.0 Å². The molecule has 1 aliphatic heterocycles. The zero-order valence-corrected chi connectivity index (χ0v) is 14.9. The van der Waals surface area contributed by atoms with E-state index in [4.69, 9.17) is 4.74 Å². The molecule has 1 heterocycles. The van der Waals surface area contributed by atoms with Gasteiger partial charge in [0.15, 0.2) is 0 Å². The van der Waals surface area contributed by atoms with Crippen LogP contribution in [0.1, 0.15) is 20.3 Å². The van der Waals surface area contributed by atoms with E-state index in [1.54, 1.807) is 4.31 Å². The molecule has 0 radical (unpaired) electrons. The van der Waals surface area contributed by atoms with Crippen LogP contribution < -0.4 is 0 Å². The first kappa shape index (κ1) is 18.8. The van der Waals surface area contributed by atoms with Crippen molar-refractivity contribution in [3.05, 3.63) is 0 Å². The fourth-order valence-corrected chi connectivity index (χ4v) is 4.38. The van der Waals surface area contributed by atoms with Crippen molar-refractivity contribution in [2.45, 2.75) is 32.4 Å². The van der Waals surface area contributed by atoms with Crippen molar-refractivity contribution in [1.29, 1.82) is 0 Å². The van der Waals surface area contributed by atoms with Crippen LogP contribution in [0.4, 0.5) is 0 Å². The smallest absolute Gasteiger partial charge is 0.216 e. The van der Waals surface area contributed by atoms with E-state index in [0.29, 0.717) is 13.1 Å². The zero-order valence-electron chi connectivity index (χ0n) is 14.1. The summed E-state index contributed by atoms with van der Waals surface area (Å²) < 4.78 is 31.1. The number of hydrogen-bond donors (Lipinski definition) is 0. The lowest BCUT2D eigenvalue weighted by Gasteiger charge is -2.44. The lowest BCUT2D eigenvalue weighted by molar-refractivity contribution is 0.0736. The highest BCUT2D eigenvalue weighted by Gasteiger charge is 2.34. The second-order valence-corrected chi connectivity index (χ2v) is 8.31. The van der Waals surface area contributed by atoms with Crippen molar-refractivity contribution in [3.63, 3.8) is 0 Å². The molecule has 0 saturated carbocycles. The van der Waals surface area contributed by atoms with Gasteiger partial charge in [0.1, 0.15) is 0 Å². The van der Waals surface area contributed by atoms with Crippen LogP contribution >= 0.6 is 0 Å². The molecule has 0 amide bonds. The molecule has 2 unspecified atom stereocenters. The number of piperazine rings is 1. The molecule has 0 N–H and O–H groups in total. The van der Waals surface area contributed by atoms with Gasteiger partial charge in [0.05, 0.1) is 12.4 Å². The molecule has 7 heteroatoms. The summed E-state index contributed by atoms with van der Waals surface area (Å²) in [6, 6.07) is 0.515. The number of ether oxygens (including phenoxy) is 1. The van der Waals surface area contributed by atoms with E-state index in [0.717, 1.165) is 19.5 Å². The second kappa shape index (κ2) is 8.43. The molecule has 0 aromatic carbocycles. The minimum atomic E-state index is -3.20. The van der Waals surface area contributed by atoms with Gasteiger partial charge in [-0.1, -0.05) is 0 Å². The number of nitrogens with zero attached hydrogens (tertiary/aromatic N) is 3. The van der Waals surface area contributed by atoms with E-state index >= 15 is 0 Å². The van der Waals surface area contributed by atoms with E-state index in [9.17, 15) is 8.42 Å². The molecule has 1 aliphatic rings. The highest BCUT2D eigenvalue weighted by atomic mass is 32.2. The normalized spacial score (nSPS) is 25.6. The maximum atomic E-state index is 12.3. The Balaban J connectivity index is 2.56. The van der Waals surface area contributed by atoms with Crippen LogP contribution in [0.25, 0.3) is 0 Å². The van der Waals surface area contributed by atoms with Crippen LogP contribution in [0.15, 0.2) is 0 Å². The van der Waals surface area contributed by atoms with Gasteiger partial charge < -0.3 is 9.64 Å². The Kier molecular flexibility index (Phi) is 7.56. The molecule has 0 aromatic heterocycles. The molecule has 2 atom stereocenters. The fourth-order valence-electron chi connectivity index (χ4n) is 2.86. The monoisotopic (exact) mass is 321 g/mol. The van der Waals surface area contributed by atoms with Gasteiger partial charge in [0.25, 0.3) is 0 Å². The van der Waals surface area contributed by atoms with Crippen molar-refractivity contribution in [2.75, 3.05) is 59.7 Å². The van der Waals surface area contributed by atoms with E-state index in [2.05, 4.69) is 37.7 Å². The van der Waals surface area contributed by atoms with Gasteiger partial charge in [-0.3, -0.25) is 4.90 Å². The summed E-state index contributed by atoms with van der Waals surface area (Å²) in [6.07, 6.45) is 1.11. The molecular formula is C14H31N3O3S. The average Bonchev–Trinajstić information content (AvgIpc) is 2.39. The highest BCUT2D eigenvalue weighted by molar-refractivity contribution is 7.89. The third-order valence-corrected chi connectivity index (χ3v) is 5.80. The Hall–Kier alpha value is -0.210. The van der Waals surface area contributed by atoms with Crippen LogP contribution in [0.3, 0.4) is 0 Å². The Labute approximate surface area is 130 Å². The summed E-state index contributed by atoms with van der Waals surface area (Å²) in [6.45, 7) is 7.73. The van der Waals surface area contributed by atoms with Gasteiger partial charge >= 0.3 is 0 Å². The quantitative estimate of drug-likeness (QED) is 0.644. The summed E-state index contributed by atoms with van der Waals surface area (Å²) in [4.78, 5) is 4.60. The summed E-state index contributed by atoms with van der Waals surface area (Å²) in [5, 5.41) is 0. The fraction of sp³-hybridized carbons (Fsp3) is 1.00. The molecule has 1 rings (SSSR count). The maximum absolute atomic E-state index is 12.3. The van der Waals surface area contributed by atoms with E-state index in [1.165, 1.54) is 7.11 Å². The standard InChI is InChI=1S/C14H31N3O3S/c1-13-11-16(21(18,19)10-9-20-5)12-14(2)17(13)8-6-7-15(3)4/h13-14H,6-12H2,1-5H3. The summed E-state index contributed by atoms with van der Waals surface area (Å²) in [5.41, 5.74) is 0. The van der Waals surface area contributed by atoms with Crippen molar-refractivity contribution in [1.82, 2.24) is 14.1 Å². The van der Waals surface area contributed by atoms with Gasteiger partial charge in [-0.15, -0.1) is 0 Å². The molecule has 21 heavy (non-hydrogen) atoms. The number of sulfonamides is 1. The Bertz CT molecular complexity index is 388. The first-order chi connectivity index (χ1) is 9.77. The predicted molar refractivity (Wildman–Crippen MR) is 86.0 cm³/mol. The third kappa shape index (κ3) is 5.83. The van der Waals surface area contributed by atoms with Gasteiger partial charge in [-0.25, -0.2) is 8.42 Å². The number of hydrogen-bond acceptors (Lipinski definition) is 5. The van der Waals surface area contributed by atoms with Crippen molar-refractivity contribution in [3.8, 4) is 0 Å². The van der Waals surface area contributed by atoms with Crippen molar-refractivity contribution >= 4 is 10.0 Å². The molecule has 0 aliphatic carbocycles. The lowest BCUT2D eigenvalue weighted by atomic mass is 10.1. The highest BCUT2D eigenvalue weighted by Crippen LogP contribution is 2.19. The average molecular weight is 321 g/mol. The summed E-state index contributed by atoms with van der Waals surface area (Å²) in [7, 11) is 2.49. The minimum absolute atomic E-state index is 0.0730. The molecule has 0 aromatic rings.